The molecular weight excluding hydrogens is 310 g/mol. The van der Waals surface area contributed by atoms with E-state index < -0.39 is 20.5 Å². The first-order valence-electron chi connectivity index (χ1n) is 7.72. The van der Waals surface area contributed by atoms with Crippen LogP contribution in [0, 0.1) is 0 Å². The van der Waals surface area contributed by atoms with Gasteiger partial charge in [0.25, 0.3) is 0 Å². The maximum atomic E-state index is 11.8. The SMILES string of the molecule is CC(C)(C)[Si](C)(C)OC[C@@H](C=O)NC(=O)OCc1ccccc1. The second-order valence-electron chi connectivity index (χ2n) is 7.02. The highest BCUT2D eigenvalue weighted by Crippen LogP contribution is 2.36. The summed E-state index contributed by atoms with van der Waals surface area (Å²) in [5.74, 6) is 0. The van der Waals surface area contributed by atoms with E-state index in [2.05, 4.69) is 39.2 Å². The van der Waals surface area contributed by atoms with Crippen molar-refractivity contribution in [3.8, 4) is 0 Å². The molecule has 0 aliphatic heterocycles. The van der Waals surface area contributed by atoms with Crippen LogP contribution < -0.4 is 5.32 Å². The van der Waals surface area contributed by atoms with Gasteiger partial charge in [0.1, 0.15) is 18.9 Å². The number of aldehydes is 1. The molecule has 0 spiro atoms. The number of ether oxygens (including phenoxy) is 1. The monoisotopic (exact) mass is 337 g/mol. The standard InChI is InChI=1S/C17H27NO4Si/c1-17(2,3)23(4,5)22-13-15(11-19)18-16(20)21-12-14-9-7-6-8-10-14/h6-11,15H,12-13H2,1-5H3,(H,18,20)/t15-/m1/s1. The van der Waals surface area contributed by atoms with Crippen molar-refractivity contribution in [2.45, 2.75) is 51.6 Å². The van der Waals surface area contributed by atoms with Crippen molar-refractivity contribution in [1.29, 1.82) is 0 Å². The van der Waals surface area contributed by atoms with E-state index in [0.717, 1.165) is 5.56 Å². The van der Waals surface area contributed by atoms with E-state index in [1.165, 1.54) is 0 Å². The first kappa shape index (κ1) is 19.4. The Kier molecular flexibility index (Phi) is 6.96. The molecule has 0 bridgehead atoms. The number of rotatable bonds is 7. The molecule has 1 N–H and O–H groups in total. The van der Waals surface area contributed by atoms with Crippen LogP contribution in [0.25, 0.3) is 0 Å². The minimum Gasteiger partial charge on any atom is -0.445 e. The van der Waals surface area contributed by atoms with Gasteiger partial charge >= 0.3 is 6.09 Å². The molecule has 6 heteroatoms. The molecule has 1 atom stereocenters. The van der Waals surface area contributed by atoms with Crippen molar-refractivity contribution in [3.63, 3.8) is 0 Å². The van der Waals surface area contributed by atoms with E-state index in [0.29, 0.717) is 6.29 Å². The third kappa shape index (κ3) is 6.54. The summed E-state index contributed by atoms with van der Waals surface area (Å²) in [6, 6.07) is 8.67. The van der Waals surface area contributed by atoms with E-state index in [9.17, 15) is 9.59 Å². The van der Waals surface area contributed by atoms with Gasteiger partial charge < -0.3 is 19.3 Å². The van der Waals surface area contributed by atoms with Gasteiger partial charge in [0.15, 0.2) is 8.32 Å². The quantitative estimate of drug-likeness (QED) is 0.611. The molecule has 0 aromatic heterocycles. The number of nitrogens with one attached hydrogen (secondary N) is 1. The van der Waals surface area contributed by atoms with Gasteiger partial charge in [0.2, 0.25) is 0 Å². The summed E-state index contributed by atoms with van der Waals surface area (Å²) in [5.41, 5.74) is 0.892. The first-order valence-corrected chi connectivity index (χ1v) is 10.6. The van der Waals surface area contributed by atoms with Gasteiger partial charge in [-0.1, -0.05) is 51.1 Å². The highest BCUT2D eigenvalue weighted by Gasteiger charge is 2.37. The minimum absolute atomic E-state index is 0.0499. The number of carbonyl (C=O) groups is 2. The summed E-state index contributed by atoms with van der Waals surface area (Å²) in [7, 11) is -1.96. The molecule has 128 valence electrons. The Morgan fingerprint density at radius 3 is 2.39 bits per heavy atom. The molecule has 1 rings (SSSR count). The zero-order chi connectivity index (χ0) is 17.5. The predicted octanol–water partition coefficient (Wildman–Crippen LogP) is 3.50. The molecule has 0 aliphatic rings. The molecule has 0 heterocycles. The van der Waals surface area contributed by atoms with Gasteiger partial charge in [-0.3, -0.25) is 0 Å². The molecule has 23 heavy (non-hydrogen) atoms. The third-order valence-corrected chi connectivity index (χ3v) is 8.61. The lowest BCUT2D eigenvalue weighted by Crippen LogP contribution is -2.47. The molecule has 0 fully saturated rings. The van der Waals surface area contributed by atoms with E-state index in [1.54, 1.807) is 0 Å². The van der Waals surface area contributed by atoms with E-state index in [4.69, 9.17) is 9.16 Å². The summed E-state index contributed by atoms with van der Waals surface area (Å²) in [5, 5.41) is 2.58. The fraction of sp³-hybridized carbons (Fsp3) is 0.529. The van der Waals surface area contributed by atoms with Crippen LogP contribution in [-0.2, 0) is 20.6 Å². The van der Waals surface area contributed by atoms with Crippen molar-refractivity contribution in [2.75, 3.05) is 6.61 Å². The van der Waals surface area contributed by atoms with Crippen LogP contribution in [0.15, 0.2) is 30.3 Å². The maximum absolute atomic E-state index is 11.8. The van der Waals surface area contributed by atoms with Gasteiger partial charge in [-0.15, -0.1) is 0 Å². The topological polar surface area (TPSA) is 64.6 Å². The molecule has 5 nitrogen and oxygen atoms in total. The Hall–Kier alpha value is -1.66. The Morgan fingerprint density at radius 1 is 1.26 bits per heavy atom. The summed E-state index contributed by atoms with van der Waals surface area (Å²) in [4.78, 5) is 22.9. The van der Waals surface area contributed by atoms with Crippen molar-refractivity contribution < 1.29 is 18.8 Å². The largest absolute Gasteiger partial charge is 0.445 e. The van der Waals surface area contributed by atoms with E-state index >= 15 is 0 Å². The number of hydrogen-bond acceptors (Lipinski definition) is 4. The van der Waals surface area contributed by atoms with Crippen LogP contribution in [0.4, 0.5) is 4.79 Å². The molecule has 0 radical (unpaired) electrons. The third-order valence-electron chi connectivity index (χ3n) is 4.11. The van der Waals surface area contributed by atoms with Crippen LogP contribution in [0.5, 0.6) is 0 Å². The van der Waals surface area contributed by atoms with Gasteiger partial charge in [-0.2, -0.15) is 0 Å². The summed E-state index contributed by atoms with van der Waals surface area (Å²) >= 11 is 0. The number of amides is 1. The second-order valence-corrected chi connectivity index (χ2v) is 11.8. The van der Waals surface area contributed by atoms with Gasteiger partial charge in [0, 0.05) is 0 Å². The summed E-state index contributed by atoms with van der Waals surface area (Å²) < 4.78 is 11.1. The zero-order valence-corrected chi connectivity index (χ0v) is 15.6. The maximum Gasteiger partial charge on any atom is 0.408 e. The average molecular weight is 337 g/mol. The fourth-order valence-corrected chi connectivity index (χ4v) is 2.57. The fourth-order valence-electron chi connectivity index (χ4n) is 1.55. The molecule has 1 aromatic rings. The Labute approximate surface area is 139 Å². The van der Waals surface area contributed by atoms with Gasteiger partial charge in [-0.25, -0.2) is 4.79 Å². The Balaban J connectivity index is 2.43. The van der Waals surface area contributed by atoms with Crippen LogP contribution in [0.3, 0.4) is 0 Å². The molecule has 0 aliphatic carbocycles. The van der Waals surface area contributed by atoms with Gasteiger partial charge in [-0.05, 0) is 23.7 Å². The number of benzene rings is 1. The number of alkyl carbamates (subject to hydrolysis) is 1. The van der Waals surface area contributed by atoms with E-state index in [1.807, 2.05) is 30.3 Å². The Morgan fingerprint density at radius 2 is 1.87 bits per heavy atom. The summed E-state index contributed by atoms with van der Waals surface area (Å²) in [6.07, 6.45) is 0.0569. The molecule has 1 aromatic carbocycles. The van der Waals surface area contributed by atoms with Crippen LogP contribution in [0.1, 0.15) is 26.3 Å². The van der Waals surface area contributed by atoms with Crippen molar-refractivity contribution in [3.05, 3.63) is 35.9 Å². The smallest absolute Gasteiger partial charge is 0.408 e. The first-order chi connectivity index (χ1) is 10.7. The van der Waals surface area contributed by atoms with Crippen molar-refractivity contribution >= 4 is 20.7 Å². The summed E-state index contributed by atoms with van der Waals surface area (Å²) in [6.45, 7) is 10.9. The lowest BCUT2D eigenvalue weighted by molar-refractivity contribution is -0.110. The van der Waals surface area contributed by atoms with Crippen LogP contribution in [-0.4, -0.2) is 33.3 Å². The highest BCUT2D eigenvalue weighted by molar-refractivity contribution is 6.74. The molecule has 0 saturated carbocycles. The van der Waals surface area contributed by atoms with Crippen LogP contribution in [0.2, 0.25) is 18.1 Å². The second kappa shape index (κ2) is 8.26. The predicted molar refractivity (Wildman–Crippen MR) is 92.8 cm³/mol. The highest BCUT2D eigenvalue weighted by atomic mass is 28.4. The molecule has 1 amide bonds. The average Bonchev–Trinajstić information content (AvgIpc) is 2.49. The number of hydrogen-bond donors (Lipinski definition) is 1. The van der Waals surface area contributed by atoms with Crippen LogP contribution >= 0.6 is 0 Å². The zero-order valence-electron chi connectivity index (χ0n) is 14.6. The molecule has 0 unspecified atom stereocenters. The van der Waals surface area contributed by atoms with Crippen molar-refractivity contribution in [2.24, 2.45) is 0 Å². The van der Waals surface area contributed by atoms with E-state index in [-0.39, 0.29) is 18.3 Å². The van der Waals surface area contributed by atoms with Crippen molar-refractivity contribution in [1.82, 2.24) is 5.32 Å². The normalized spacial score (nSPS) is 13.3. The molecule has 0 saturated heterocycles. The number of carbonyl (C=O) groups excluding carboxylic acids is 2. The lowest BCUT2D eigenvalue weighted by Gasteiger charge is -2.36. The minimum atomic E-state index is -1.96. The Bertz CT molecular complexity index is 511. The molecular formula is C17H27NO4Si. The lowest BCUT2D eigenvalue weighted by atomic mass is 10.2. The van der Waals surface area contributed by atoms with Gasteiger partial charge in [0.05, 0.1) is 6.61 Å².